The van der Waals surface area contributed by atoms with Crippen molar-refractivity contribution in [1.82, 2.24) is 0 Å². The molecule has 0 amide bonds. The van der Waals surface area contributed by atoms with Crippen LogP contribution < -0.4 is 5.30 Å². The molecule has 0 saturated heterocycles. The van der Waals surface area contributed by atoms with E-state index in [1.54, 1.807) is 12.1 Å². The lowest BCUT2D eigenvalue weighted by Crippen LogP contribution is -2.10. The second kappa shape index (κ2) is 7.48. The summed E-state index contributed by atoms with van der Waals surface area (Å²) in [7, 11) is -2.98. The van der Waals surface area contributed by atoms with Gasteiger partial charge in [-0.05, 0) is 29.8 Å². The van der Waals surface area contributed by atoms with Gasteiger partial charge in [-0.25, -0.2) is 0 Å². The van der Waals surface area contributed by atoms with Crippen molar-refractivity contribution in [3.63, 3.8) is 0 Å². The molecule has 0 aliphatic carbocycles. The number of hydrogen-bond donors (Lipinski definition) is 0. The van der Waals surface area contributed by atoms with E-state index in [0.29, 0.717) is 22.9 Å². The zero-order chi connectivity index (χ0) is 15.1. The Morgan fingerprint density at radius 1 is 1.10 bits per heavy atom. The largest absolute Gasteiger partial charge is 0.324 e. The van der Waals surface area contributed by atoms with Crippen molar-refractivity contribution in [1.29, 1.82) is 0 Å². The molecule has 0 aromatic heterocycles. The van der Waals surface area contributed by atoms with Crippen LogP contribution in [-0.2, 0) is 15.3 Å². The van der Waals surface area contributed by atoms with Gasteiger partial charge in [0.15, 0.2) is 0 Å². The fraction of sp³-hybridized carbons (Fsp3) is 0.176. The Bertz CT molecular complexity index is 659. The lowest BCUT2D eigenvalue weighted by molar-refractivity contribution is 0.328. The molecule has 0 aliphatic rings. The van der Waals surface area contributed by atoms with Gasteiger partial charge in [0.25, 0.3) is 0 Å². The van der Waals surface area contributed by atoms with E-state index in [2.05, 4.69) is 5.92 Å². The minimum Gasteiger partial charge on any atom is -0.324 e. The van der Waals surface area contributed by atoms with E-state index in [1.807, 2.05) is 42.5 Å². The molecule has 2 aromatic rings. The van der Waals surface area contributed by atoms with Crippen LogP contribution in [0.4, 0.5) is 0 Å². The van der Waals surface area contributed by atoms with Gasteiger partial charge in [0.2, 0.25) is 7.37 Å². The quantitative estimate of drug-likeness (QED) is 0.446. The summed E-state index contributed by atoms with van der Waals surface area (Å²) in [5, 5.41) is 1.36. The summed E-state index contributed by atoms with van der Waals surface area (Å²) in [6.07, 6.45) is 6.01. The number of halogens is 1. The molecule has 0 heterocycles. The van der Waals surface area contributed by atoms with E-state index in [4.69, 9.17) is 22.5 Å². The second-order valence-corrected chi connectivity index (χ2v) is 7.46. The summed E-state index contributed by atoms with van der Waals surface area (Å²) in [5.41, 5.74) is 0.923. The van der Waals surface area contributed by atoms with Crippen molar-refractivity contribution in [2.45, 2.75) is 12.6 Å². The van der Waals surface area contributed by atoms with Gasteiger partial charge in [0.1, 0.15) is 0 Å². The first-order valence-corrected chi connectivity index (χ1v) is 8.80. The molecular weight excluding hydrogens is 303 g/mol. The normalized spacial score (nSPS) is 13.3. The molecule has 108 valence electrons. The maximum absolute atomic E-state index is 13.2. The van der Waals surface area contributed by atoms with Crippen molar-refractivity contribution >= 4 is 24.3 Å². The Hall–Kier alpha value is -1.52. The van der Waals surface area contributed by atoms with Crippen molar-refractivity contribution in [2.75, 3.05) is 6.61 Å². The Balaban J connectivity index is 2.25. The number of hydrogen-bond acceptors (Lipinski definition) is 2. The molecular formula is C17H16ClO2P. The van der Waals surface area contributed by atoms with Crippen LogP contribution in [0.15, 0.2) is 54.6 Å². The minimum absolute atomic E-state index is 0.288. The van der Waals surface area contributed by atoms with Gasteiger partial charge in [0.05, 0.1) is 12.8 Å². The number of terminal acetylenes is 1. The van der Waals surface area contributed by atoms with Gasteiger partial charge < -0.3 is 4.52 Å². The summed E-state index contributed by atoms with van der Waals surface area (Å²) >= 11 is 5.88. The van der Waals surface area contributed by atoms with Crippen LogP contribution in [0.2, 0.25) is 5.02 Å². The van der Waals surface area contributed by atoms with Gasteiger partial charge >= 0.3 is 0 Å². The van der Waals surface area contributed by atoms with Crippen LogP contribution in [0.25, 0.3) is 0 Å². The van der Waals surface area contributed by atoms with E-state index < -0.39 is 7.37 Å². The molecule has 2 rings (SSSR count). The van der Waals surface area contributed by atoms with Crippen LogP contribution in [-0.4, -0.2) is 6.61 Å². The third-order valence-electron chi connectivity index (χ3n) is 3.00. The monoisotopic (exact) mass is 318 g/mol. The first kappa shape index (κ1) is 15.9. The van der Waals surface area contributed by atoms with Gasteiger partial charge in [0, 0.05) is 16.7 Å². The number of benzene rings is 2. The fourth-order valence-electron chi connectivity index (χ4n) is 1.95. The molecule has 1 unspecified atom stereocenters. The molecule has 2 nitrogen and oxygen atoms in total. The Labute approximate surface area is 130 Å². The van der Waals surface area contributed by atoms with Crippen molar-refractivity contribution in [2.24, 2.45) is 0 Å². The fourth-order valence-corrected chi connectivity index (χ4v) is 4.20. The predicted molar refractivity (Wildman–Crippen MR) is 88.2 cm³/mol. The molecule has 0 radical (unpaired) electrons. The highest BCUT2D eigenvalue weighted by molar-refractivity contribution is 7.66. The maximum Gasteiger partial charge on any atom is 0.236 e. The highest BCUT2D eigenvalue weighted by Crippen LogP contribution is 2.49. The summed E-state index contributed by atoms with van der Waals surface area (Å²) < 4.78 is 18.9. The van der Waals surface area contributed by atoms with Crippen LogP contribution in [0.1, 0.15) is 12.0 Å². The molecule has 4 heteroatoms. The van der Waals surface area contributed by atoms with Crippen molar-refractivity contribution in [3.8, 4) is 12.3 Å². The summed E-state index contributed by atoms with van der Waals surface area (Å²) in [4.78, 5) is 0. The first-order chi connectivity index (χ1) is 10.1. The zero-order valence-electron chi connectivity index (χ0n) is 11.5. The third kappa shape index (κ3) is 4.48. The Kier molecular flexibility index (Phi) is 5.65. The molecule has 0 saturated carbocycles. The third-order valence-corrected chi connectivity index (χ3v) is 5.72. The molecule has 2 aromatic carbocycles. The van der Waals surface area contributed by atoms with Gasteiger partial charge in [-0.15, -0.1) is 12.3 Å². The average molecular weight is 319 g/mol. The highest BCUT2D eigenvalue weighted by Gasteiger charge is 2.26. The predicted octanol–water partition coefficient (Wildman–Crippen LogP) is 4.48. The van der Waals surface area contributed by atoms with E-state index in [0.717, 1.165) is 5.56 Å². The SMILES string of the molecule is C#CCCOP(=O)(Cc1ccc(Cl)cc1)c1ccccc1. The lowest BCUT2D eigenvalue weighted by Gasteiger charge is -2.19. The maximum atomic E-state index is 13.2. The molecule has 0 fully saturated rings. The Morgan fingerprint density at radius 2 is 1.76 bits per heavy atom. The van der Waals surface area contributed by atoms with E-state index >= 15 is 0 Å². The second-order valence-electron chi connectivity index (χ2n) is 4.58. The van der Waals surface area contributed by atoms with Crippen LogP contribution in [0.5, 0.6) is 0 Å². The molecule has 0 N–H and O–H groups in total. The summed E-state index contributed by atoms with van der Waals surface area (Å²) in [6, 6.07) is 16.5. The summed E-state index contributed by atoms with van der Waals surface area (Å²) in [6.45, 7) is 0.288. The standard InChI is InChI=1S/C17H16ClO2P/c1-2-3-13-20-21(19,17-7-5-4-6-8-17)14-15-9-11-16(18)12-10-15/h1,4-12H,3,13-14H2. The van der Waals surface area contributed by atoms with Crippen LogP contribution >= 0.6 is 19.0 Å². The Morgan fingerprint density at radius 3 is 2.38 bits per heavy atom. The number of rotatable bonds is 6. The molecule has 1 atom stereocenters. The molecule has 0 spiro atoms. The topological polar surface area (TPSA) is 26.3 Å². The van der Waals surface area contributed by atoms with Crippen LogP contribution in [0.3, 0.4) is 0 Å². The average Bonchev–Trinajstić information content (AvgIpc) is 2.51. The molecule has 21 heavy (non-hydrogen) atoms. The van der Waals surface area contributed by atoms with Gasteiger partial charge in [-0.1, -0.05) is 41.9 Å². The molecule has 0 aliphatic heterocycles. The van der Waals surface area contributed by atoms with Crippen molar-refractivity contribution < 1.29 is 9.09 Å². The first-order valence-electron chi connectivity index (χ1n) is 6.61. The van der Waals surface area contributed by atoms with Crippen LogP contribution in [0, 0.1) is 12.3 Å². The molecule has 0 bridgehead atoms. The lowest BCUT2D eigenvalue weighted by atomic mass is 10.2. The highest BCUT2D eigenvalue weighted by atomic mass is 35.5. The van der Waals surface area contributed by atoms with E-state index in [-0.39, 0.29) is 6.61 Å². The zero-order valence-corrected chi connectivity index (χ0v) is 13.2. The summed E-state index contributed by atoms with van der Waals surface area (Å²) in [5.74, 6) is 2.50. The van der Waals surface area contributed by atoms with Crippen molar-refractivity contribution in [3.05, 3.63) is 65.2 Å². The smallest absolute Gasteiger partial charge is 0.236 e. The minimum atomic E-state index is -2.98. The van der Waals surface area contributed by atoms with Gasteiger partial charge in [-0.2, -0.15) is 0 Å². The van der Waals surface area contributed by atoms with E-state index in [1.165, 1.54) is 0 Å². The van der Waals surface area contributed by atoms with Gasteiger partial charge in [-0.3, -0.25) is 4.57 Å². The van der Waals surface area contributed by atoms with E-state index in [9.17, 15) is 4.57 Å².